The molecule has 0 radical (unpaired) electrons. The minimum absolute atomic E-state index is 0.0881. The standard InChI is InChI=1S/C19H19N3O2/c1-12-4-6-15(7-5-12)19(23)24-11-16(20)18-14(3)21-17-10-13(2)8-9-22(17)18/h4-10,20H,11H2,1-3H3. The third-order valence-corrected chi connectivity index (χ3v) is 3.88. The second-order valence-corrected chi connectivity index (χ2v) is 5.90. The summed E-state index contributed by atoms with van der Waals surface area (Å²) in [6.07, 6.45) is 1.89. The van der Waals surface area contributed by atoms with Gasteiger partial charge in [-0.2, -0.15) is 0 Å². The minimum Gasteiger partial charge on any atom is -0.456 e. The SMILES string of the molecule is Cc1ccc(C(=O)OCC(=N)c2c(C)nc3cc(C)ccn23)cc1. The van der Waals surface area contributed by atoms with Gasteiger partial charge in [-0.3, -0.25) is 9.81 Å². The van der Waals surface area contributed by atoms with Crippen LogP contribution in [-0.2, 0) is 4.74 Å². The molecule has 0 aliphatic heterocycles. The van der Waals surface area contributed by atoms with Crippen LogP contribution in [0.5, 0.6) is 0 Å². The van der Waals surface area contributed by atoms with E-state index in [1.54, 1.807) is 12.1 Å². The van der Waals surface area contributed by atoms with Crippen LogP contribution in [0.15, 0.2) is 42.6 Å². The third-order valence-electron chi connectivity index (χ3n) is 3.88. The molecule has 0 bridgehead atoms. The zero-order valence-corrected chi connectivity index (χ0v) is 14.0. The van der Waals surface area contributed by atoms with Crippen molar-refractivity contribution in [3.63, 3.8) is 0 Å². The highest BCUT2D eigenvalue weighted by atomic mass is 16.5. The molecule has 1 N–H and O–H groups in total. The van der Waals surface area contributed by atoms with Crippen molar-refractivity contribution in [2.24, 2.45) is 0 Å². The van der Waals surface area contributed by atoms with Gasteiger partial charge < -0.3 is 4.74 Å². The molecule has 1 aromatic carbocycles. The van der Waals surface area contributed by atoms with Gasteiger partial charge in [0.05, 0.1) is 22.7 Å². The smallest absolute Gasteiger partial charge is 0.338 e. The molecular formula is C19H19N3O2. The first-order chi connectivity index (χ1) is 11.5. The first kappa shape index (κ1) is 15.9. The third kappa shape index (κ3) is 3.06. The topological polar surface area (TPSA) is 67.5 Å². The average Bonchev–Trinajstić information content (AvgIpc) is 2.87. The number of imidazole rings is 1. The maximum atomic E-state index is 12.1. The molecule has 2 heterocycles. The van der Waals surface area contributed by atoms with E-state index in [-0.39, 0.29) is 12.3 Å². The fourth-order valence-electron chi connectivity index (χ4n) is 2.61. The van der Waals surface area contributed by atoms with Crippen molar-refractivity contribution in [1.82, 2.24) is 9.38 Å². The van der Waals surface area contributed by atoms with Gasteiger partial charge in [-0.15, -0.1) is 0 Å². The lowest BCUT2D eigenvalue weighted by Gasteiger charge is -2.08. The van der Waals surface area contributed by atoms with Gasteiger partial charge in [-0.1, -0.05) is 17.7 Å². The molecule has 2 aromatic heterocycles. The maximum Gasteiger partial charge on any atom is 0.338 e. The van der Waals surface area contributed by atoms with Crippen LogP contribution >= 0.6 is 0 Å². The Bertz CT molecular complexity index is 924. The molecule has 122 valence electrons. The summed E-state index contributed by atoms with van der Waals surface area (Å²) >= 11 is 0. The molecule has 0 amide bonds. The van der Waals surface area contributed by atoms with Crippen LogP contribution in [0.4, 0.5) is 0 Å². The summed E-state index contributed by atoms with van der Waals surface area (Å²) in [5, 5.41) is 8.27. The van der Waals surface area contributed by atoms with E-state index < -0.39 is 5.97 Å². The molecule has 0 atom stereocenters. The number of nitrogens with zero attached hydrogens (tertiary/aromatic N) is 2. The lowest BCUT2D eigenvalue weighted by Crippen LogP contribution is -2.16. The van der Waals surface area contributed by atoms with Crippen LogP contribution < -0.4 is 0 Å². The highest BCUT2D eigenvalue weighted by Crippen LogP contribution is 2.14. The van der Waals surface area contributed by atoms with Crippen molar-refractivity contribution in [2.75, 3.05) is 6.61 Å². The molecule has 0 unspecified atom stereocenters. The van der Waals surface area contributed by atoms with E-state index in [1.165, 1.54) is 0 Å². The maximum absolute atomic E-state index is 12.1. The van der Waals surface area contributed by atoms with Crippen LogP contribution in [0.3, 0.4) is 0 Å². The number of carbonyl (C=O) groups excluding carboxylic acids is 1. The van der Waals surface area contributed by atoms with E-state index in [4.69, 9.17) is 10.1 Å². The zero-order valence-electron chi connectivity index (χ0n) is 14.0. The van der Waals surface area contributed by atoms with E-state index >= 15 is 0 Å². The number of ether oxygens (including phenoxy) is 1. The number of pyridine rings is 1. The van der Waals surface area contributed by atoms with Gasteiger partial charge in [-0.25, -0.2) is 9.78 Å². The number of nitrogens with one attached hydrogen (secondary N) is 1. The van der Waals surface area contributed by atoms with E-state index in [0.717, 1.165) is 22.5 Å². The Morgan fingerprint density at radius 3 is 2.54 bits per heavy atom. The molecule has 24 heavy (non-hydrogen) atoms. The van der Waals surface area contributed by atoms with E-state index in [0.29, 0.717) is 11.3 Å². The second kappa shape index (κ2) is 6.28. The largest absolute Gasteiger partial charge is 0.456 e. The van der Waals surface area contributed by atoms with E-state index in [9.17, 15) is 4.79 Å². The molecule has 0 saturated carbocycles. The predicted octanol–water partition coefficient (Wildman–Crippen LogP) is 3.48. The molecule has 3 rings (SSSR count). The Morgan fingerprint density at radius 2 is 1.83 bits per heavy atom. The van der Waals surface area contributed by atoms with Gasteiger partial charge in [0, 0.05) is 6.20 Å². The van der Waals surface area contributed by atoms with Gasteiger partial charge in [0.2, 0.25) is 0 Å². The summed E-state index contributed by atoms with van der Waals surface area (Å²) in [7, 11) is 0. The minimum atomic E-state index is -0.429. The zero-order chi connectivity index (χ0) is 17.3. The quantitative estimate of drug-likeness (QED) is 0.591. The van der Waals surface area contributed by atoms with Gasteiger partial charge in [-0.05, 0) is 50.6 Å². The van der Waals surface area contributed by atoms with Gasteiger partial charge in [0.1, 0.15) is 12.3 Å². The number of aromatic nitrogens is 2. The molecule has 0 aliphatic rings. The van der Waals surface area contributed by atoms with Crippen LogP contribution in [0.2, 0.25) is 0 Å². The number of esters is 1. The summed E-state index contributed by atoms with van der Waals surface area (Å²) in [5.41, 5.74) is 5.10. The van der Waals surface area contributed by atoms with Gasteiger partial charge in [0.15, 0.2) is 0 Å². The van der Waals surface area contributed by atoms with Crippen LogP contribution in [0, 0.1) is 26.2 Å². The Hall–Kier alpha value is -2.95. The van der Waals surface area contributed by atoms with Crippen molar-refractivity contribution in [2.45, 2.75) is 20.8 Å². The number of benzene rings is 1. The van der Waals surface area contributed by atoms with E-state index in [1.807, 2.05) is 55.6 Å². The van der Waals surface area contributed by atoms with Gasteiger partial charge in [0.25, 0.3) is 0 Å². The summed E-state index contributed by atoms with van der Waals surface area (Å²) in [6, 6.07) is 11.1. The van der Waals surface area contributed by atoms with Gasteiger partial charge >= 0.3 is 5.97 Å². The fraction of sp³-hybridized carbons (Fsp3) is 0.211. The van der Waals surface area contributed by atoms with Crippen LogP contribution in [-0.4, -0.2) is 27.7 Å². The summed E-state index contributed by atoms with van der Waals surface area (Å²) < 4.78 is 7.13. The monoisotopic (exact) mass is 321 g/mol. The number of rotatable bonds is 4. The number of hydrogen-bond acceptors (Lipinski definition) is 4. The molecule has 0 spiro atoms. The first-order valence-electron chi connectivity index (χ1n) is 7.72. The number of fused-ring (bicyclic) bond motifs is 1. The molecule has 3 aromatic rings. The molecular weight excluding hydrogens is 302 g/mol. The van der Waals surface area contributed by atoms with Crippen LogP contribution in [0.1, 0.15) is 32.9 Å². The summed E-state index contributed by atoms with van der Waals surface area (Å²) in [6.45, 7) is 5.72. The number of hydrogen-bond donors (Lipinski definition) is 1. The van der Waals surface area contributed by atoms with Crippen molar-refractivity contribution in [1.29, 1.82) is 5.41 Å². The second-order valence-electron chi connectivity index (χ2n) is 5.90. The highest BCUT2D eigenvalue weighted by Gasteiger charge is 2.16. The lowest BCUT2D eigenvalue weighted by atomic mass is 10.1. The summed E-state index contributed by atoms with van der Waals surface area (Å²) in [5.74, 6) is -0.429. The van der Waals surface area contributed by atoms with Crippen molar-refractivity contribution >= 4 is 17.3 Å². The lowest BCUT2D eigenvalue weighted by molar-refractivity contribution is 0.0563. The fourth-order valence-corrected chi connectivity index (χ4v) is 2.61. The van der Waals surface area contributed by atoms with Crippen molar-refractivity contribution < 1.29 is 9.53 Å². The van der Waals surface area contributed by atoms with Crippen molar-refractivity contribution in [3.8, 4) is 0 Å². The Labute approximate surface area is 140 Å². The molecule has 5 nitrogen and oxygen atoms in total. The molecule has 0 aliphatic carbocycles. The van der Waals surface area contributed by atoms with Crippen molar-refractivity contribution in [3.05, 3.63) is 70.7 Å². The summed E-state index contributed by atoms with van der Waals surface area (Å²) in [4.78, 5) is 16.6. The van der Waals surface area contributed by atoms with Crippen LogP contribution in [0.25, 0.3) is 5.65 Å². The molecule has 0 saturated heterocycles. The normalized spacial score (nSPS) is 10.8. The Kier molecular flexibility index (Phi) is 4.16. The predicted molar refractivity (Wildman–Crippen MR) is 93.0 cm³/mol. The molecule has 0 fully saturated rings. The van der Waals surface area contributed by atoms with E-state index in [2.05, 4.69) is 4.98 Å². The highest BCUT2D eigenvalue weighted by molar-refractivity contribution is 6.01. The first-order valence-corrected chi connectivity index (χ1v) is 7.72. The number of aryl methyl sites for hydroxylation is 3. The average molecular weight is 321 g/mol. The number of carbonyl (C=O) groups is 1. The Balaban J connectivity index is 1.77. The molecule has 5 heteroatoms. The Morgan fingerprint density at radius 1 is 1.12 bits per heavy atom.